The van der Waals surface area contributed by atoms with Crippen LogP contribution < -0.4 is 25.8 Å². The number of nitrogens with one attached hydrogen (secondary N) is 2. The number of benzene rings is 3. The number of anilines is 2. The number of nitrogens with zero attached hydrogens (tertiary/aromatic N) is 1. The molecule has 4 N–H and O–H groups in total. The number of pyridine rings is 1. The normalized spacial score (nSPS) is 12.2. The van der Waals surface area contributed by atoms with Gasteiger partial charge in [-0.1, -0.05) is 18.2 Å². The summed E-state index contributed by atoms with van der Waals surface area (Å²) in [7, 11) is -3.37. The Balaban J connectivity index is 1.67. The second-order valence-electron chi connectivity index (χ2n) is 9.65. The summed E-state index contributed by atoms with van der Waals surface area (Å²) >= 11 is 0. The summed E-state index contributed by atoms with van der Waals surface area (Å²) in [5.41, 5.74) is 8.05. The number of aromatic nitrogens is 1. The molecule has 0 aliphatic heterocycles. The second-order valence-corrected chi connectivity index (χ2v) is 11.7. The molecule has 9 nitrogen and oxygen atoms in total. The van der Waals surface area contributed by atoms with Gasteiger partial charge in [0.15, 0.2) is 21.3 Å². The van der Waals surface area contributed by atoms with E-state index >= 15 is 0 Å². The maximum absolute atomic E-state index is 13.7. The van der Waals surface area contributed by atoms with Crippen molar-refractivity contribution in [1.29, 1.82) is 0 Å². The predicted molar refractivity (Wildman–Crippen MR) is 157 cm³/mol. The summed E-state index contributed by atoms with van der Waals surface area (Å²) in [4.78, 5) is 18.0. The summed E-state index contributed by atoms with van der Waals surface area (Å²) in [5.74, 6) is 1.24. The van der Waals surface area contributed by atoms with E-state index in [0.29, 0.717) is 40.7 Å². The first-order valence-electron chi connectivity index (χ1n) is 13.0. The molecule has 0 saturated carbocycles. The van der Waals surface area contributed by atoms with Crippen LogP contribution in [0, 0.1) is 0 Å². The number of hydrogen-bond donors (Lipinski definition) is 3. The summed E-state index contributed by atoms with van der Waals surface area (Å²) in [6.07, 6.45) is 2.74. The highest BCUT2D eigenvalue weighted by atomic mass is 32.2. The fourth-order valence-corrected chi connectivity index (χ4v) is 4.95. The molecule has 40 heavy (non-hydrogen) atoms. The van der Waals surface area contributed by atoms with Crippen molar-refractivity contribution in [2.24, 2.45) is 0 Å². The molecule has 0 radical (unpaired) electrons. The average molecular weight is 563 g/mol. The van der Waals surface area contributed by atoms with Crippen molar-refractivity contribution in [1.82, 2.24) is 10.3 Å². The zero-order chi connectivity index (χ0) is 28.9. The van der Waals surface area contributed by atoms with Gasteiger partial charge in [0.2, 0.25) is 5.91 Å². The highest BCUT2D eigenvalue weighted by Crippen LogP contribution is 2.33. The summed E-state index contributed by atoms with van der Waals surface area (Å²) in [6, 6.07) is 18.6. The molecule has 4 aromatic rings. The Morgan fingerprint density at radius 2 is 1.82 bits per heavy atom. The molecule has 210 valence electrons. The van der Waals surface area contributed by atoms with Crippen LogP contribution in [0.25, 0.3) is 10.8 Å². The lowest BCUT2D eigenvalue weighted by molar-refractivity contribution is -0.122. The number of nitrogens with two attached hydrogens (primary N) is 1. The molecule has 0 spiro atoms. The number of sulfone groups is 1. The van der Waals surface area contributed by atoms with Gasteiger partial charge in [0.1, 0.15) is 11.9 Å². The van der Waals surface area contributed by atoms with E-state index in [9.17, 15) is 13.2 Å². The van der Waals surface area contributed by atoms with Crippen molar-refractivity contribution in [3.8, 4) is 11.5 Å². The topological polar surface area (TPSA) is 133 Å². The first-order chi connectivity index (χ1) is 19.0. The Kier molecular flexibility index (Phi) is 8.79. The van der Waals surface area contributed by atoms with Crippen LogP contribution in [0.4, 0.5) is 11.5 Å². The SMILES string of the molecule is CCOc1cc(C(Nc2ccc3c(N)nccc3c2)C(=O)NCc2cccc(S(C)(=O)=O)c2)ccc1OC(C)C. The molecule has 0 bridgehead atoms. The van der Waals surface area contributed by atoms with Crippen LogP contribution in [0.1, 0.15) is 37.9 Å². The monoisotopic (exact) mass is 562 g/mol. The third kappa shape index (κ3) is 7.01. The van der Waals surface area contributed by atoms with Gasteiger partial charge >= 0.3 is 0 Å². The van der Waals surface area contributed by atoms with Gasteiger partial charge in [0, 0.05) is 30.1 Å². The van der Waals surface area contributed by atoms with Crippen LogP contribution in [-0.2, 0) is 21.2 Å². The van der Waals surface area contributed by atoms with Crippen LogP contribution >= 0.6 is 0 Å². The minimum Gasteiger partial charge on any atom is -0.490 e. The van der Waals surface area contributed by atoms with Crippen molar-refractivity contribution in [2.75, 3.05) is 23.9 Å². The molecular formula is C30H34N4O5S. The molecule has 1 amide bonds. The molecule has 0 saturated heterocycles. The number of amides is 1. The standard InChI is InChI=1S/C30H34N4O5S/c1-5-38-27-17-22(9-12-26(27)39-19(2)3)28(34-23-10-11-25-21(16-23)13-14-32-29(25)31)30(35)33-18-20-7-6-8-24(15-20)40(4,36)37/h6-17,19,28,34H,5,18H2,1-4H3,(H2,31,32)(H,33,35). The number of carbonyl (C=O) groups excluding carboxylic acids is 1. The van der Waals surface area contributed by atoms with Gasteiger partial charge in [-0.05, 0) is 85.8 Å². The van der Waals surface area contributed by atoms with Gasteiger partial charge in [-0.3, -0.25) is 4.79 Å². The Bertz CT molecular complexity index is 1620. The number of carbonyl (C=O) groups is 1. The largest absolute Gasteiger partial charge is 0.490 e. The van der Waals surface area contributed by atoms with Crippen LogP contribution in [-0.4, -0.2) is 38.3 Å². The van der Waals surface area contributed by atoms with Gasteiger partial charge in [-0.2, -0.15) is 0 Å². The minimum atomic E-state index is -3.37. The molecule has 1 atom stereocenters. The van der Waals surface area contributed by atoms with Crippen molar-refractivity contribution >= 4 is 38.0 Å². The van der Waals surface area contributed by atoms with E-state index in [-0.39, 0.29) is 23.5 Å². The fourth-order valence-electron chi connectivity index (χ4n) is 4.26. The van der Waals surface area contributed by atoms with Crippen LogP contribution in [0.3, 0.4) is 0 Å². The van der Waals surface area contributed by atoms with E-state index in [1.165, 1.54) is 6.07 Å². The molecule has 0 aliphatic rings. The summed E-state index contributed by atoms with van der Waals surface area (Å²) in [5, 5.41) is 7.98. The molecule has 1 unspecified atom stereocenters. The number of fused-ring (bicyclic) bond motifs is 1. The molecule has 3 aromatic carbocycles. The molecule has 1 heterocycles. The van der Waals surface area contributed by atoms with Crippen molar-refractivity contribution in [3.05, 3.63) is 84.1 Å². The van der Waals surface area contributed by atoms with E-state index in [0.717, 1.165) is 17.0 Å². The van der Waals surface area contributed by atoms with Gasteiger partial charge in [0.05, 0.1) is 17.6 Å². The Morgan fingerprint density at radius 3 is 2.55 bits per heavy atom. The van der Waals surface area contributed by atoms with E-state index in [1.807, 2.05) is 51.1 Å². The quantitative estimate of drug-likeness (QED) is 0.236. The van der Waals surface area contributed by atoms with Crippen molar-refractivity contribution in [3.63, 3.8) is 0 Å². The Labute approximate surface area is 234 Å². The molecule has 0 fully saturated rings. The van der Waals surface area contributed by atoms with Crippen LogP contribution in [0.2, 0.25) is 0 Å². The number of rotatable bonds is 11. The van der Waals surface area contributed by atoms with Gasteiger partial charge in [0.25, 0.3) is 0 Å². The average Bonchev–Trinajstić information content (AvgIpc) is 2.91. The summed E-state index contributed by atoms with van der Waals surface area (Å²) in [6.45, 7) is 6.32. The third-order valence-corrected chi connectivity index (χ3v) is 7.24. The van der Waals surface area contributed by atoms with Crippen LogP contribution in [0.15, 0.2) is 77.8 Å². The maximum Gasteiger partial charge on any atom is 0.247 e. The highest BCUT2D eigenvalue weighted by Gasteiger charge is 2.23. The molecular weight excluding hydrogens is 528 g/mol. The fraction of sp³-hybridized carbons (Fsp3) is 0.267. The molecule has 10 heteroatoms. The lowest BCUT2D eigenvalue weighted by atomic mass is 10.0. The van der Waals surface area contributed by atoms with Gasteiger partial charge in [-0.15, -0.1) is 0 Å². The van der Waals surface area contributed by atoms with Crippen LogP contribution in [0.5, 0.6) is 11.5 Å². The predicted octanol–water partition coefficient (Wildman–Crippen LogP) is 4.88. The van der Waals surface area contributed by atoms with Gasteiger partial charge < -0.3 is 25.8 Å². The highest BCUT2D eigenvalue weighted by molar-refractivity contribution is 7.90. The van der Waals surface area contributed by atoms with Crippen molar-refractivity contribution < 1.29 is 22.7 Å². The van der Waals surface area contributed by atoms with E-state index in [2.05, 4.69) is 15.6 Å². The maximum atomic E-state index is 13.7. The molecule has 4 rings (SSSR count). The Hall–Kier alpha value is -4.31. The van der Waals surface area contributed by atoms with Crippen molar-refractivity contribution in [2.45, 2.75) is 44.4 Å². The van der Waals surface area contributed by atoms with E-state index in [4.69, 9.17) is 15.2 Å². The summed E-state index contributed by atoms with van der Waals surface area (Å²) < 4.78 is 35.7. The zero-order valence-corrected chi connectivity index (χ0v) is 23.8. The zero-order valence-electron chi connectivity index (χ0n) is 23.0. The molecule has 1 aromatic heterocycles. The minimum absolute atomic E-state index is 0.0514. The van der Waals surface area contributed by atoms with E-state index < -0.39 is 15.9 Å². The Morgan fingerprint density at radius 1 is 1.02 bits per heavy atom. The van der Waals surface area contributed by atoms with Gasteiger partial charge in [-0.25, -0.2) is 13.4 Å². The first-order valence-corrected chi connectivity index (χ1v) is 14.8. The lowest BCUT2D eigenvalue weighted by Crippen LogP contribution is -2.33. The third-order valence-electron chi connectivity index (χ3n) is 6.13. The number of ether oxygens (including phenoxy) is 2. The smallest absolute Gasteiger partial charge is 0.247 e. The van der Waals surface area contributed by atoms with E-state index in [1.54, 1.807) is 36.5 Å². The first kappa shape index (κ1) is 28.7. The number of nitrogen functional groups attached to an aromatic ring is 1. The second kappa shape index (κ2) is 12.3. The molecule has 0 aliphatic carbocycles. The number of hydrogen-bond acceptors (Lipinski definition) is 8. The lowest BCUT2D eigenvalue weighted by Gasteiger charge is -2.22.